The zero-order valence-corrected chi connectivity index (χ0v) is 11.4. The van der Waals surface area contributed by atoms with E-state index in [1.807, 2.05) is 6.92 Å². The Kier molecular flexibility index (Phi) is 5.07. The lowest BCUT2D eigenvalue weighted by molar-refractivity contribution is 0.568. The molecule has 1 rings (SSSR count). The molecule has 1 aromatic rings. The minimum absolute atomic E-state index is 0.106. The summed E-state index contributed by atoms with van der Waals surface area (Å²) < 4.78 is 24.8. The van der Waals surface area contributed by atoms with Crippen molar-refractivity contribution in [2.45, 2.75) is 39.1 Å². The lowest BCUT2D eigenvalue weighted by Crippen LogP contribution is -2.21. The fraction of sp³-hybridized carbons (Fsp3) is 0.800. The maximum Gasteiger partial charge on any atom is 0.154 e. The van der Waals surface area contributed by atoms with E-state index in [2.05, 4.69) is 15.6 Å². The molecule has 0 radical (unpaired) electrons. The first-order valence-corrected chi connectivity index (χ1v) is 7.48. The number of nitrogens with one attached hydrogen (secondary N) is 1. The van der Waals surface area contributed by atoms with E-state index in [0.29, 0.717) is 13.1 Å². The molecule has 6 nitrogen and oxygen atoms in total. The van der Waals surface area contributed by atoms with Crippen LogP contribution in [0.2, 0.25) is 0 Å². The Bertz CT molecular complexity index is 439. The molecule has 0 spiro atoms. The molecule has 0 atom stereocenters. The summed E-state index contributed by atoms with van der Waals surface area (Å²) >= 11 is 0. The molecule has 0 aromatic carbocycles. The summed E-state index contributed by atoms with van der Waals surface area (Å²) in [5, 5.41) is 10.6. The van der Waals surface area contributed by atoms with Crippen molar-refractivity contribution in [3.05, 3.63) is 11.9 Å². The molecule has 1 N–H and O–H groups in total. The Morgan fingerprint density at radius 2 is 2.18 bits per heavy atom. The van der Waals surface area contributed by atoms with Gasteiger partial charge in [-0.1, -0.05) is 12.1 Å². The lowest BCUT2D eigenvalue weighted by atomic mass is 10.4. The average molecular weight is 260 g/mol. The number of rotatable bonds is 7. The summed E-state index contributed by atoms with van der Waals surface area (Å²) in [6.07, 6.45) is 1.78. The highest BCUT2D eigenvalue weighted by Crippen LogP contribution is 2.02. The van der Waals surface area contributed by atoms with Crippen LogP contribution in [-0.2, 0) is 22.9 Å². The predicted octanol–water partition coefficient (Wildman–Crippen LogP) is 0.211. The van der Waals surface area contributed by atoms with Crippen LogP contribution < -0.4 is 5.32 Å². The van der Waals surface area contributed by atoms with Crippen molar-refractivity contribution in [2.75, 3.05) is 12.3 Å². The number of aryl methyl sites for hydroxylation is 1. The molecule has 17 heavy (non-hydrogen) atoms. The topological polar surface area (TPSA) is 76.9 Å². The largest absolute Gasteiger partial charge is 0.311 e. The summed E-state index contributed by atoms with van der Waals surface area (Å²) in [5.41, 5.74) is 0.828. The first kappa shape index (κ1) is 14.1. The van der Waals surface area contributed by atoms with Gasteiger partial charge in [-0.15, -0.1) is 5.10 Å². The monoisotopic (exact) mass is 260 g/mol. The molecule has 1 aromatic heterocycles. The van der Waals surface area contributed by atoms with Gasteiger partial charge in [-0.25, -0.2) is 8.42 Å². The molecule has 7 heteroatoms. The second kappa shape index (κ2) is 6.11. The van der Waals surface area contributed by atoms with E-state index in [1.165, 1.54) is 0 Å². The Labute approximate surface area is 102 Å². The van der Waals surface area contributed by atoms with Crippen molar-refractivity contribution in [3.8, 4) is 0 Å². The second-order valence-electron chi connectivity index (χ2n) is 4.17. The maximum atomic E-state index is 11.6. The molecule has 0 saturated heterocycles. The molecular weight excluding hydrogens is 240 g/mol. The maximum absolute atomic E-state index is 11.6. The highest BCUT2D eigenvalue weighted by molar-refractivity contribution is 7.91. The van der Waals surface area contributed by atoms with Crippen LogP contribution in [0.3, 0.4) is 0 Å². The van der Waals surface area contributed by atoms with Crippen LogP contribution in [0.5, 0.6) is 0 Å². The van der Waals surface area contributed by atoms with E-state index in [1.54, 1.807) is 24.7 Å². The van der Waals surface area contributed by atoms with E-state index in [4.69, 9.17) is 0 Å². The number of sulfone groups is 1. The normalized spacial score (nSPS) is 12.2. The smallest absolute Gasteiger partial charge is 0.154 e. The highest BCUT2D eigenvalue weighted by Gasteiger charge is 2.16. The van der Waals surface area contributed by atoms with Crippen molar-refractivity contribution < 1.29 is 8.42 Å². The molecule has 0 aliphatic carbocycles. The van der Waals surface area contributed by atoms with Gasteiger partial charge in [0.05, 0.1) is 23.2 Å². The van der Waals surface area contributed by atoms with E-state index in [0.717, 1.165) is 12.2 Å². The first-order valence-electron chi connectivity index (χ1n) is 5.77. The van der Waals surface area contributed by atoms with Gasteiger partial charge in [-0.2, -0.15) is 0 Å². The number of nitrogens with zero attached hydrogens (tertiary/aromatic N) is 3. The van der Waals surface area contributed by atoms with Gasteiger partial charge < -0.3 is 5.32 Å². The molecule has 0 amide bonds. The van der Waals surface area contributed by atoms with Gasteiger partial charge in [0.2, 0.25) is 0 Å². The van der Waals surface area contributed by atoms with Crippen LogP contribution in [0.1, 0.15) is 26.5 Å². The van der Waals surface area contributed by atoms with Crippen LogP contribution in [0.25, 0.3) is 0 Å². The molecule has 0 saturated carbocycles. The van der Waals surface area contributed by atoms with Crippen LogP contribution in [-0.4, -0.2) is 41.0 Å². The molecule has 0 fully saturated rings. The Hall–Kier alpha value is -0.950. The summed E-state index contributed by atoms with van der Waals surface area (Å²) in [6, 6.07) is 0. The molecule has 1 heterocycles. The fourth-order valence-corrected chi connectivity index (χ4v) is 2.15. The van der Waals surface area contributed by atoms with Gasteiger partial charge in [-0.05, 0) is 20.4 Å². The predicted molar refractivity (Wildman–Crippen MR) is 66.3 cm³/mol. The van der Waals surface area contributed by atoms with Crippen LogP contribution in [0.15, 0.2) is 6.20 Å². The molecule has 0 unspecified atom stereocenters. The highest BCUT2D eigenvalue weighted by atomic mass is 32.2. The van der Waals surface area contributed by atoms with Crippen LogP contribution >= 0.6 is 0 Å². The van der Waals surface area contributed by atoms with Crippen molar-refractivity contribution in [3.63, 3.8) is 0 Å². The minimum atomic E-state index is -3.01. The molecule has 0 aliphatic heterocycles. The van der Waals surface area contributed by atoms with Crippen LogP contribution in [0.4, 0.5) is 0 Å². The third-order valence-electron chi connectivity index (χ3n) is 2.47. The zero-order chi connectivity index (χ0) is 12.9. The van der Waals surface area contributed by atoms with Crippen molar-refractivity contribution in [1.82, 2.24) is 20.3 Å². The summed E-state index contributed by atoms with van der Waals surface area (Å²) in [6.45, 7) is 7.28. The Balaban J connectivity index is 2.50. The van der Waals surface area contributed by atoms with Gasteiger partial charge in [0.15, 0.2) is 9.84 Å². The third kappa shape index (κ3) is 4.43. The van der Waals surface area contributed by atoms with Gasteiger partial charge in [0, 0.05) is 12.7 Å². The minimum Gasteiger partial charge on any atom is -0.311 e. The summed E-state index contributed by atoms with van der Waals surface area (Å²) in [7, 11) is -3.01. The molecular formula is C10H20N4O2S. The quantitative estimate of drug-likeness (QED) is 0.758. The zero-order valence-electron chi connectivity index (χ0n) is 10.5. The van der Waals surface area contributed by atoms with Gasteiger partial charge >= 0.3 is 0 Å². The third-order valence-corrected chi connectivity index (χ3v) is 4.65. The molecule has 0 bridgehead atoms. The van der Waals surface area contributed by atoms with Gasteiger partial charge in [-0.3, -0.25) is 4.68 Å². The average Bonchev–Trinajstić information content (AvgIpc) is 2.71. The van der Waals surface area contributed by atoms with Gasteiger partial charge in [0.1, 0.15) is 0 Å². The van der Waals surface area contributed by atoms with E-state index in [9.17, 15) is 8.42 Å². The first-order chi connectivity index (χ1) is 7.95. The van der Waals surface area contributed by atoms with Gasteiger partial charge in [0.25, 0.3) is 0 Å². The van der Waals surface area contributed by atoms with Crippen LogP contribution in [0, 0.1) is 0 Å². The molecule has 98 valence electrons. The van der Waals surface area contributed by atoms with E-state index >= 15 is 0 Å². The lowest BCUT2D eigenvalue weighted by Gasteiger charge is -2.06. The van der Waals surface area contributed by atoms with Crippen molar-refractivity contribution in [1.29, 1.82) is 0 Å². The number of aromatic nitrogens is 3. The standard InChI is InChI=1S/C10H20N4O2S/c1-4-11-7-10-8-14(13-12-10)5-6-17(15,16)9(2)3/h8-9,11H,4-7H2,1-3H3. The van der Waals surface area contributed by atoms with E-state index < -0.39 is 9.84 Å². The van der Waals surface area contributed by atoms with Crippen molar-refractivity contribution in [2.24, 2.45) is 0 Å². The summed E-state index contributed by atoms with van der Waals surface area (Å²) in [5.74, 6) is 0.106. The fourth-order valence-electron chi connectivity index (χ4n) is 1.24. The SMILES string of the molecule is CCNCc1cn(CCS(=O)(=O)C(C)C)nn1. The Morgan fingerprint density at radius 3 is 2.76 bits per heavy atom. The number of hydrogen-bond donors (Lipinski definition) is 1. The second-order valence-corrected chi connectivity index (χ2v) is 6.85. The molecule has 0 aliphatic rings. The van der Waals surface area contributed by atoms with E-state index in [-0.39, 0.29) is 11.0 Å². The van der Waals surface area contributed by atoms with Crippen molar-refractivity contribution >= 4 is 9.84 Å². The summed E-state index contributed by atoms with van der Waals surface area (Å²) in [4.78, 5) is 0. The number of hydrogen-bond acceptors (Lipinski definition) is 5. The Morgan fingerprint density at radius 1 is 1.47 bits per heavy atom.